The highest BCUT2D eigenvalue weighted by Gasteiger charge is 2.23. The third kappa shape index (κ3) is 3.42. The number of rotatable bonds is 4. The van der Waals surface area contributed by atoms with Crippen molar-refractivity contribution in [3.63, 3.8) is 0 Å². The van der Waals surface area contributed by atoms with Gasteiger partial charge in [0, 0.05) is 36.4 Å². The number of fused-ring (bicyclic) bond motifs is 1. The Hall–Kier alpha value is -2.45. The Bertz CT molecular complexity index is 1010. The van der Waals surface area contributed by atoms with Gasteiger partial charge in [-0.15, -0.1) is 10.2 Å². The molecule has 1 aliphatic rings. The molecule has 0 radical (unpaired) electrons. The number of benzene rings is 1. The van der Waals surface area contributed by atoms with Crippen LogP contribution < -0.4 is 4.90 Å². The Morgan fingerprint density at radius 3 is 2.89 bits per heavy atom. The SMILES string of the molecule is Clc1ccc(-c2cn3nc(N4CCCC(Cn5ccnn5)C4)sc3n2)cc1. The van der Waals surface area contributed by atoms with Gasteiger partial charge in [-0.2, -0.15) is 0 Å². The Morgan fingerprint density at radius 1 is 1.22 bits per heavy atom. The quantitative estimate of drug-likeness (QED) is 0.524. The molecule has 1 atom stereocenters. The molecule has 4 aromatic rings. The Morgan fingerprint density at radius 2 is 2.11 bits per heavy atom. The van der Waals surface area contributed by atoms with Crippen LogP contribution in [0.2, 0.25) is 5.02 Å². The fourth-order valence-electron chi connectivity index (χ4n) is 3.56. The molecule has 27 heavy (non-hydrogen) atoms. The predicted molar refractivity (Wildman–Crippen MR) is 106 cm³/mol. The molecule has 1 fully saturated rings. The lowest BCUT2D eigenvalue weighted by Gasteiger charge is -2.32. The maximum Gasteiger partial charge on any atom is 0.214 e. The largest absolute Gasteiger partial charge is 0.346 e. The molecule has 4 heterocycles. The van der Waals surface area contributed by atoms with E-state index >= 15 is 0 Å². The summed E-state index contributed by atoms with van der Waals surface area (Å²) in [6.45, 7) is 2.93. The fourth-order valence-corrected chi connectivity index (χ4v) is 4.60. The van der Waals surface area contributed by atoms with Crippen molar-refractivity contribution >= 4 is 33.0 Å². The first-order valence-electron chi connectivity index (χ1n) is 8.96. The minimum atomic E-state index is 0.557. The van der Waals surface area contributed by atoms with E-state index in [1.165, 1.54) is 6.42 Å². The molecule has 1 aliphatic heterocycles. The van der Waals surface area contributed by atoms with Crippen molar-refractivity contribution in [2.75, 3.05) is 18.0 Å². The van der Waals surface area contributed by atoms with Crippen LogP contribution >= 0.6 is 22.9 Å². The zero-order chi connectivity index (χ0) is 18.2. The molecular formula is C18H18ClN7S. The van der Waals surface area contributed by atoms with Gasteiger partial charge in [0.1, 0.15) is 0 Å². The van der Waals surface area contributed by atoms with Crippen molar-refractivity contribution in [2.24, 2.45) is 5.92 Å². The van der Waals surface area contributed by atoms with Crippen molar-refractivity contribution in [3.8, 4) is 11.3 Å². The molecule has 0 N–H and O–H groups in total. The zero-order valence-electron chi connectivity index (χ0n) is 14.6. The van der Waals surface area contributed by atoms with Crippen molar-refractivity contribution < 1.29 is 0 Å². The van der Waals surface area contributed by atoms with Crippen LogP contribution in [0.1, 0.15) is 12.8 Å². The minimum absolute atomic E-state index is 0.557. The van der Waals surface area contributed by atoms with Gasteiger partial charge >= 0.3 is 0 Å². The maximum absolute atomic E-state index is 5.97. The lowest BCUT2D eigenvalue weighted by atomic mass is 9.98. The summed E-state index contributed by atoms with van der Waals surface area (Å²) in [5.41, 5.74) is 1.96. The van der Waals surface area contributed by atoms with E-state index in [9.17, 15) is 0 Å². The third-order valence-electron chi connectivity index (χ3n) is 4.88. The zero-order valence-corrected chi connectivity index (χ0v) is 16.1. The van der Waals surface area contributed by atoms with Crippen LogP contribution in [-0.2, 0) is 6.54 Å². The first-order chi connectivity index (χ1) is 13.2. The summed E-state index contributed by atoms with van der Waals surface area (Å²) in [5.74, 6) is 0.557. The summed E-state index contributed by atoms with van der Waals surface area (Å²) in [7, 11) is 0. The van der Waals surface area contributed by atoms with Gasteiger partial charge < -0.3 is 4.90 Å². The van der Waals surface area contributed by atoms with E-state index in [0.717, 1.165) is 52.4 Å². The Kier molecular flexibility index (Phi) is 4.29. The van der Waals surface area contributed by atoms with Gasteiger partial charge in [0.2, 0.25) is 10.1 Å². The number of nitrogens with zero attached hydrogens (tertiary/aromatic N) is 7. The molecule has 138 valence electrons. The second-order valence-electron chi connectivity index (χ2n) is 6.82. The fraction of sp³-hybridized carbons (Fsp3) is 0.333. The second kappa shape index (κ2) is 6.94. The van der Waals surface area contributed by atoms with E-state index in [0.29, 0.717) is 5.92 Å². The summed E-state index contributed by atoms with van der Waals surface area (Å²) in [5, 5.41) is 14.5. The first-order valence-corrected chi connectivity index (χ1v) is 10.2. The summed E-state index contributed by atoms with van der Waals surface area (Å²) in [4.78, 5) is 8.01. The number of imidazole rings is 1. The smallest absolute Gasteiger partial charge is 0.214 e. The number of hydrogen-bond donors (Lipinski definition) is 0. The number of anilines is 1. The van der Waals surface area contributed by atoms with E-state index in [-0.39, 0.29) is 0 Å². The molecule has 1 unspecified atom stereocenters. The highest BCUT2D eigenvalue weighted by molar-refractivity contribution is 7.20. The third-order valence-corrected chi connectivity index (χ3v) is 6.11. The average molecular weight is 400 g/mol. The van der Waals surface area contributed by atoms with E-state index in [4.69, 9.17) is 21.7 Å². The van der Waals surface area contributed by atoms with Crippen molar-refractivity contribution in [1.82, 2.24) is 29.6 Å². The standard InChI is InChI=1S/C18H18ClN7S/c19-15-5-3-14(4-6-15)16-12-26-17(21-16)27-18(22-26)24-8-1-2-13(10-24)11-25-9-7-20-23-25/h3-7,9,12-13H,1-2,8,10-11H2. The van der Waals surface area contributed by atoms with Crippen LogP contribution in [0.3, 0.4) is 0 Å². The van der Waals surface area contributed by atoms with Crippen LogP contribution in [-0.4, -0.2) is 42.7 Å². The van der Waals surface area contributed by atoms with Crippen LogP contribution in [0.15, 0.2) is 42.9 Å². The van der Waals surface area contributed by atoms with Gasteiger partial charge in [-0.05, 0) is 30.9 Å². The molecule has 0 amide bonds. The van der Waals surface area contributed by atoms with E-state index in [1.54, 1.807) is 17.5 Å². The summed E-state index contributed by atoms with van der Waals surface area (Å²) in [6.07, 6.45) is 8.01. The molecule has 9 heteroatoms. The van der Waals surface area contributed by atoms with E-state index < -0.39 is 0 Å². The highest BCUT2D eigenvalue weighted by atomic mass is 35.5. The second-order valence-corrected chi connectivity index (χ2v) is 8.20. The summed E-state index contributed by atoms with van der Waals surface area (Å²) < 4.78 is 3.80. The van der Waals surface area contributed by atoms with Crippen LogP contribution in [0.25, 0.3) is 16.2 Å². The van der Waals surface area contributed by atoms with Gasteiger partial charge in [0.15, 0.2) is 0 Å². The molecule has 3 aromatic heterocycles. The van der Waals surface area contributed by atoms with E-state index in [1.807, 2.05) is 45.9 Å². The maximum atomic E-state index is 5.97. The number of aromatic nitrogens is 6. The Balaban J connectivity index is 1.34. The Labute approximate surface area is 165 Å². The number of hydrogen-bond acceptors (Lipinski definition) is 6. The molecule has 7 nitrogen and oxygen atoms in total. The molecule has 0 bridgehead atoms. The lowest BCUT2D eigenvalue weighted by molar-refractivity contribution is 0.348. The minimum Gasteiger partial charge on any atom is -0.346 e. The van der Waals surface area contributed by atoms with Crippen molar-refractivity contribution in [2.45, 2.75) is 19.4 Å². The monoisotopic (exact) mass is 399 g/mol. The van der Waals surface area contributed by atoms with Gasteiger partial charge in [-0.1, -0.05) is 40.3 Å². The normalized spacial score (nSPS) is 17.7. The highest BCUT2D eigenvalue weighted by Crippen LogP contribution is 2.30. The molecule has 0 aliphatic carbocycles. The van der Waals surface area contributed by atoms with Crippen molar-refractivity contribution in [1.29, 1.82) is 0 Å². The van der Waals surface area contributed by atoms with Crippen molar-refractivity contribution in [3.05, 3.63) is 47.9 Å². The molecule has 0 spiro atoms. The first kappa shape index (κ1) is 16.7. The molecule has 1 saturated heterocycles. The molecular weight excluding hydrogens is 382 g/mol. The number of halogens is 1. The van der Waals surface area contributed by atoms with Crippen LogP contribution in [0.5, 0.6) is 0 Å². The molecule has 1 aromatic carbocycles. The number of piperidine rings is 1. The van der Waals surface area contributed by atoms with Gasteiger partial charge in [-0.3, -0.25) is 4.68 Å². The van der Waals surface area contributed by atoms with Gasteiger partial charge in [-0.25, -0.2) is 9.50 Å². The summed E-state index contributed by atoms with van der Waals surface area (Å²) in [6, 6.07) is 7.72. The predicted octanol–water partition coefficient (Wildman–Crippen LogP) is 3.62. The molecule has 5 rings (SSSR count). The van der Waals surface area contributed by atoms with Crippen LogP contribution in [0, 0.1) is 5.92 Å². The van der Waals surface area contributed by atoms with Crippen LogP contribution in [0.4, 0.5) is 5.13 Å². The average Bonchev–Trinajstić information content (AvgIpc) is 3.39. The van der Waals surface area contributed by atoms with E-state index in [2.05, 4.69) is 15.2 Å². The molecule has 0 saturated carbocycles. The van der Waals surface area contributed by atoms with Gasteiger partial charge in [0.05, 0.1) is 18.1 Å². The lowest BCUT2D eigenvalue weighted by Crippen LogP contribution is -2.37. The summed E-state index contributed by atoms with van der Waals surface area (Å²) >= 11 is 7.61. The van der Waals surface area contributed by atoms with Gasteiger partial charge in [0.25, 0.3) is 0 Å². The topological polar surface area (TPSA) is 64.1 Å².